The van der Waals surface area contributed by atoms with Gasteiger partial charge >= 0.3 is 0 Å². The standard InChI is InChI=1S/C13H28N4O/c1-4-7-17(5-2)8-6-14-13(18)12-10-15-11(3)9-16-12/h11-12,15-16H,4-10H2,1-3H3,(H,14,18). The summed E-state index contributed by atoms with van der Waals surface area (Å²) in [6.07, 6.45) is 1.16. The van der Waals surface area contributed by atoms with Gasteiger partial charge in [-0.3, -0.25) is 4.79 Å². The summed E-state index contributed by atoms with van der Waals surface area (Å²) in [6.45, 7) is 11.9. The van der Waals surface area contributed by atoms with Crippen LogP contribution in [-0.2, 0) is 4.79 Å². The highest BCUT2D eigenvalue weighted by molar-refractivity contribution is 5.82. The number of hydrogen-bond donors (Lipinski definition) is 3. The molecule has 1 saturated heterocycles. The van der Waals surface area contributed by atoms with Crippen molar-refractivity contribution in [2.24, 2.45) is 0 Å². The molecule has 1 aliphatic rings. The van der Waals surface area contributed by atoms with E-state index in [1.165, 1.54) is 0 Å². The van der Waals surface area contributed by atoms with Gasteiger partial charge in [0, 0.05) is 32.2 Å². The minimum absolute atomic E-state index is 0.0811. The second-order valence-corrected chi connectivity index (χ2v) is 5.00. The molecule has 0 aromatic heterocycles. The lowest BCUT2D eigenvalue weighted by Gasteiger charge is -2.28. The SMILES string of the molecule is CCCN(CC)CCNC(=O)C1CNC(C)CN1. The fourth-order valence-electron chi connectivity index (χ4n) is 2.17. The van der Waals surface area contributed by atoms with Crippen molar-refractivity contribution in [3.8, 4) is 0 Å². The molecule has 1 heterocycles. The zero-order valence-electron chi connectivity index (χ0n) is 12.0. The Hall–Kier alpha value is -0.650. The van der Waals surface area contributed by atoms with Crippen LogP contribution in [0.1, 0.15) is 27.2 Å². The summed E-state index contributed by atoms with van der Waals surface area (Å²) >= 11 is 0. The van der Waals surface area contributed by atoms with Crippen molar-refractivity contribution < 1.29 is 4.79 Å². The molecule has 0 aromatic rings. The van der Waals surface area contributed by atoms with Gasteiger partial charge in [-0.05, 0) is 26.4 Å². The van der Waals surface area contributed by atoms with E-state index in [1.54, 1.807) is 0 Å². The summed E-state index contributed by atoms with van der Waals surface area (Å²) in [4.78, 5) is 14.3. The third-order valence-electron chi connectivity index (χ3n) is 3.37. The number of carbonyl (C=O) groups excluding carboxylic acids is 1. The van der Waals surface area contributed by atoms with Crippen LogP contribution in [0.15, 0.2) is 0 Å². The van der Waals surface area contributed by atoms with Crippen LogP contribution < -0.4 is 16.0 Å². The van der Waals surface area contributed by atoms with Crippen LogP contribution in [0, 0.1) is 0 Å². The first-order chi connectivity index (χ1) is 8.67. The van der Waals surface area contributed by atoms with E-state index in [1.807, 2.05) is 0 Å². The van der Waals surface area contributed by atoms with Gasteiger partial charge in [-0.1, -0.05) is 13.8 Å². The van der Waals surface area contributed by atoms with E-state index < -0.39 is 0 Å². The average molecular weight is 256 g/mol. The number of likely N-dealkylation sites (N-methyl/N-ethyl adjacent to an activating group) is 1. The second-order valence-electron chi connectivity index (χ2n) is 5.00. The first kappa shape index (κ1) is 15.4. The molecule has 1 aliphatic heterocycles. The number of rotatable bonds is 7. The van der Waals surface area contributed by atoms with E-state index in [-0.39, 0.29) is 11.9 Å². The van der Waals surface area contributed by atoms with Gasteiger partial charge in [0.25, 0.3) is 0 Å². The number of hydrogen-bond acceptors (Lipinski definition) is 4. The fraction of sp³-hybridized carbons (Fsp3) is 0.923. The third kappa shape index (κ3) is 5.33. The summed E-state index contributed by atoms with van der Waals surface area (Å²) in [5.74, 6) is 0.113. The minimum Gasteiger partial charge on any atom is -0.353 e. The predicted octanol–water partition coefficient (Wildman–Crippen LogP) is -0.216. The predicted molar refractivity (Wildman–Crippen MR) is 74.7 cm³/mol. The number of nitrogens with one attached hydrogen (secondary N) is 3. The smallest absolute Gasteiger partial charge is 0.238 e. The van der Waals surface area contributed by atoms with Crippen LogP contribution in [0.3, 0.4) is 0 Å². The Balaban J connectivity index is 2.16. The highest BCUT2D eigenvalue weighted by Crippen LogP contribution is 1.93. The summed E-state index contributed by atoms with van der Waals surface area (Å²) in [6, 6.07) is 0.372. The monoisotopic (exact) mass is 256 g/mol. The molecule has 0 aliphatic carbocycles. The molecule has 2 unspecified atom stereocenters. The van der Waals surface area contributed by atoms with Crippen LogP contribution in [0.2, 0.25) is 0 Å². The van der Waals surface area contributed by atoms with E-state index in [0.29, 0.717) is 6.04 Å². The number of piperazine rings is 1. The van der Waals surface area contributed by atoms with Crippen LogP contribution in [0.25, 0.3) is 0 Å². The lowest BCUT2D eigenvalue weighted by atomic mass is 10.1. The Kier molecular flexibility index (Phi) is 7.23. The minimum atomic E-state index is -0.0811. The van der Waals surface area contributed by atoms with E-state index >= 15 is 0 Å². The molecule has 1 amide bonds. The quantitative estimate of drug-likeness (QED) is 0.590. The van der Waals surface area contributed by atoms with Gasteiger partial charge in [-0.25, -0.2) is 0 Å². The van der Waals surface area contributed by atoms with Crippen LogP contribution in [-0.4, -0.2) is 62.2 Å². The highest BCUT2D eigenvalue weighted by atomic mass is 16.2. The van der Waals surface area contributed by atoms with E-state index in [9.17, 15) is 4.79 Å². The Labute approximate surface area is 111 Å². The summed E-state index contributed by atoms with van der Waals surface area (Å²) in [5, 5.41) is 9.57. The average Bonchev–Trinajstić information content (AvgIpc) is 2.38. The molecule has 5 nitrogen and oxygen atoms in total. The fourth-order valence-corrected chi connectivity index (χ4v) is 2.17. The molecule has 0 bridgehead atoms. The lowest BCUT2D eigenvalue weighted by Crippen LogP contribution is -2.59. The van der Waals surface area contributed by atoms with Crippen molar-refractivity contribution in [3.05, 3.63) is 0 Å². The molecule has 0 saturated carbocycles. The molecule has 1 fully saturated rings. The van der Waals surface area contributed by atoms with Crippen molar-refractivity contribution in [2.75, 3.05) is 39.3 Å². The summed E-state index contributed by atoms with van der Waals surface area (Å²) < 4.78 is 0. The summed E-state index contributed by atoms with van der Waals surface area (Å²) in [5.41, 5.74) is 0. The van der Waals surface area contributed by atoms with Gasteiger partial charge in [0.1, 0.15) is 0 Å². The molecule has 0 spiro atoms. The largest absolute Gasteiger partial charge is 0.353 e. The molecule has 0 radical (unpaired) electrons. The molecule has 106 valence electrons. The van der Waals surface area contributed by atoms with Crippen molar-refractivity contribution in [2.45, 2.75) is 39.3 Å². The maximum absolute atomic E-state index is 11.9. The van der Waals surface area contributed by atoms with Crippen molar-refractivity contribution in [1.29, 1.82) is 0 Å². The Morgan fingerprint density at radius 3 is 2.61 bits per heavy atom. The first-order valence-corrected chi connectivity index (χ1v) is 7.14. The molecular weight excluding hydrogens is 228 g/mol. The normalized spacial score (nSPS) is 24.2. The topological polar surface area (TPSA) is 56.4 Å². The van der Waals surface area contributed by atoms with Crippen LogP contribution in [0.5, 0.6) is 0 Å². The third-order valence-corrected chi connectivity index (χ3v) is 3.37. The van der Waals surface area contributed by atoms with Crippen LogP contribution in [0.4, 0.5) is 0 Å². The molecular formula is C13H28N4O. The number of nitrogens with zero attached hydrogens (tertiary/aromatic N) is 1. The molecule has 5 heteroatoms. The number of amides is 1. The van der Waals surface area contributed by atoms with Gasteiger partial charge in [0.15, 0.2) is 0 Å². The zero-order chi connectivity index (χ0) is 13.4. The number of carbonyl (C=O) groups is 1. The summed E-state index contributed by atoms with van der Waals surface area (Å²) in [7, 11) is 0. The van der Waals surface area contributed by atoms with Gasteiger partial charge < -0.3 is 20.9 Å². The molecule has 0 aromatic carbocycles. The van der Waals surface area contributed by atoms with Crippen molar-refractivity contribution >= 4 is 5.91 Å². The van der Waals surface area contributed by atoms with Gasteiger partial charge in [0.05, 0.1) is 6.04 Å². The van der Waals surface area contributed by atoms with Gasteiger partial charge in [0.2, 0.25) is 5.91 Å². The molecule has 2 atom stereocenters. The zero-order valence-corrected chi connectivity index (χ0v) is 12.0. The Morgan fingerprint density at radius 2 is 2.06 bits per heavy atom. The highest BCUT2D eigenvalue weighted by Gasteiger charge is 2.22. The molecule has 18 heavy (non-hydrogen) atoms. The maximum atomic E-state index is 11.9. The van der Waals surface area contributed by atoms with Gasteiger partial charge in [-0.15, -0.1) is 0 Å². The maximum Gasteiger partial charge on any atom is 0.238 e. The Bertz CT molecular complexity index is 239. The molecule has 1 rings (SSSR count). The molecule has 3 N–H and O–H groups in total. The van der Waals surface area contributed by atoms with E-state index in [2.05, 4.69) is 41.6 Å². The Morgan fingerprint density at radius 1 is 1.28 bits per heavy atom. The van der Waals surface area contributed by atoms with E-state index in [0.717, 1.165) is 45.7 Å². The lowest BCUT2D eigenvalue weighted by molar-refractivity contribution is -0.123. The van der Waals surface area contributed by atoms with Gasteiger partial charge in [-0.2, -0.15) is 0 Å². The van der Waals surface area contributed by atoms with Crippen molar-refractivity contribution in [1.82, 2.24) is 20.9 Å². The second kappa shape index (κ2) is 8.45. The van der Waals surface area contributed by atoms with Crippen LogP contribution >= 0.6 is 0 Å². The van der Waals surface area contributed by atoms with Crippen molar-refractivity contribution in [3.63, 3.8) is 0 Å². The first-order valence-electron chi connectivity index (χ1n) is 7.14. The van der Waals surface area contributed by atoms with E-state index in [4.69, 9.17) is 0 Å².